The Bertz CT molecular complexity index is 3470. The summed E-state index contributed by atoms with van der Waals surface area (Å²) in [4.78, 5) is 35.7. The number of amides is 2. The van der Waals surface area contributed by atoms with E-state index in [-0.39, 0.29) is 22.6 Å². The number of hydrogen-bond acceptors (Lipinski definition) is 5. The molecule has 8 heteroatoms. The van der Waals surface area contributed by atoms with Gasteiger partial charge in [0.2, 0.25) is 0 Å². The lowest BCUT2D eigenvalue weighted by atomic mass is 10.2. The molecule has 2 amide bonds. The van der Waals surface area contributed by atoms with Gasteiger partial charge in [0.25, 0.3) is 17.5 Å². The first-order chi connectivity index (χ1) is 28.4. The number of nitrogen functional groups attached to an aromatic ring is 1. The molecule has 0 atom stereocenters. The quantitative estimate of drug-likeness (QED) is 0.131. The van der Waals surface area contributed by atoms with Gasteiger partial charge in [-0.15, -0.1) is 0 Å². The molecule has 0 aliphatic carbocycles. The van der Waals surface area contributed by atoms with E-state index in [4.69, 9.17) is 5.73 Å². The molecule has 0 aliphatic rings. The number of carbonyl (C=O) groups excluding carboxylic acids is 2. The molecule has 2 rings (SSSR count). The summed E-state index contributed by atoms with van der Waals surface area (Å²) < 4.78 is 0. The Balaban J connectivity index is 2.36. The highest BCUT2D eigenvalue weighted by Crippen LogP contribution is 2.12. The Labute approximate surface area is 330 Å². The van der Waals surface area contributed by atoms with Gasteiger partial charge in [-0.2, -0.15) is 0 Å². The van der Waals surface area contributed by atoms with E-state index in [0.29, 0.717) is 5.69 Å². The lowest BCUT2D eigenvalue weighted by Gasteiger charge is -2.09. The van der Waals surface area contributed by atoms with E-state index in [9.17, 15) is 19.7 Å². The molecule has 0 spiro atoms. The summed E-state index contributed by atoms with van der Waals surface area (Å²) in [6.07, 6.45) is 0. The second kappa shape index (κ2) is 28.5. The number of nitrogens with one attached hydrogen (secondary N) is 2. The van der Waals surface area contributed by atoms with Gasteiger partial charge in [0, 0.05) is 121 Å². The molecular formula is C50H14N4O4. The Morgan fingerprint density at radius 3 is 0.983 bits per heavy atom. The van der Waals surface area contributed by atoms with Crippen molar-refractivity contribution in [3.05, 3.63) is 277 Å². The van der Waals surface area contributed by atoms with Gasteiger partial charge in [-0.3, -0.25) is 19.7 Å². The van der Waals surface area contributed by atoms with Gasteiger partial charge in [0.15, 0.2) is 5.82 Å². The summed E-state index contributed by atoms with van der Waals surface area (Å²) in [6, 6.07) is 10.9. The van der Waals surface area contributed by atoms with E-state index in [1.54, 1.807) is 0 Å². The third kappa shape index (κ3) is 21.1. The average molecular weight is 735 g/mol. The summed E-state index contributed by atoms with van der Waals surface area (Å²) in [6.45, 7) is 3.31. The molecule has 0 saturated carbocycles. The smallest absolute Gasteiger partial charge is 0.269 e. The molecule has 258 valence electrons. The van der Waals surface area contributed by atoms with Crippen molar-refractivity contribution in [1.82, 2.24) is 10.6 Å². The summed E-state index contributed by atoms with van der Waals surface area (Å²) in [5.41, 5.74) is 90.4. The normalized spacial score (nSPS) is 6.41. The number of non-ortho nitro benzene ring substituents is 1. The van der Waals surface area contributed by atoms with Gasteiger partial charge in [-0.25, -0.2) is 0 Å². The Morgan fingerprint density at radius 1 is 0.448 bits per heavy atom. The predicted molar refractivity (Wildman–Crippen MR) is 207 cm³/mol. The third-order valence-corrected chi connectivity index (χ3v) is 5.20. The molecule has 0 aromatic heterocycles. The predicted octanol–water partition coefficient (Wildman–Crippen LogP) is 7.08. The summed E-state index contributed by atoms with van der Waals surface area (Å²) in [5.74, 6) is -1.46. The Morgan fingerprint density at radius 2 is 0.707 bits per heavy atom. The summed E-state index contributed by atoms with van der Waals surface area (Å²) >= 11 is 0. The van der Waals surface area contributed by atoms with Crippen LogP contribution < -0.4 is 16.4 Å². The van der Waals surface area contributed by atoms with Gasteiger partial charge < -0.3 is 16.4 Å². The zero-order valence-corrected chi connectivity index (χ0v) is 29.5. The summed E-state index contributed by atoms with van der Waals surface area (Å²) in [5, 5.41) is 15.8. The minimum absolute atomic E-state index is 0.0873. The van der Waals surface area contributed by atoms with E-state index in [0.717, 1.165) is 0 Å². The van der Waals surface area contributed by atoms with Crippen LogP contribution >= 0.6 is 0 Å². The number of anilines is 1. The van der Waals surface area contributed by atoms with Crippen LogP contribution in [-0.4, -0.2) is 16.7 Å². The molecule has 4 N–H and O–H groups in total. The molecule has 0 unspecified atom stereocenters. The third-order valence-electron chi connectivity index (χ3n) is 5.20. The van der Waals surface area contributed by atoms with E-state index >= 15 is 0 Å². The molecule has 8 nitrogen and oxygen atoms in total. The van der Waals surface area contributed by atoms with Crippen molar-refractivity contribution in [2.24, 2.45) is 0 Å². The van der Waals surface area contributed by atoms with Crippen molar-refractivity contribution in [3.8, 4) is 0 Å². The molecule has 2 aromatic carbocycles. The van der Waals surface area contributed by atoms with Crippen LogP contribution in [0.1, 0.15) is 20.7 Å². The maximum atomic E-state index is 12.7. The largest absolute Gasteiger partial charge is 0.399 e. The molecular weight excluding hydrogens is 721 g/mol. The average Bonchev–Trinajstić information content (AvgIpc) is 3.22. The van der Waals surface area contributed by atoms with Crippen molar-refractivity contribution >= 4 is 23.2 Å². The Hall–Kier alpha value is -11.2. The topological polar surface area (TPSA) is 127 Å². The fraction of sp³-hybridized carbons (Fsp3) is 0. The Kier molecular flexibility index (Phi) is 21.2. The van der Waals surface area contributed by atoms with Crippen LogP contribution in [0.5, 0.6) is 0 Å². The maximum absolute atomic E-state index is 12.7. The molecule has 0 aliphatic heterocycles. The van der Waals surface area contributed by atoms with Crippen molar-refractivity contribution in [2.45, 2.75) is 0 Å². The number of nitro benzene ring substituents is 1. The number of benzene rings is 2. The van der Waals surface area contributed by atoms with Gasteiger partial charge >= 0.3 is 0 Å². The molecule has 0 bridgehead atoms. The van der Waals surface area contributed by atoms with Crippen LogP contribution in [0.25, 0.3) is 0 Å². The minimum Gasteiger partial charge on any atom is -0.399 e. The van der Waals surface area contributed by atoms with Crippen LogP contribution in [0.4, 0.5) is 11.4 Å². The molecule has 0 saturated heterocycles. The minimum atomic E-state index is -0.680. The molecule has 2 aromatic rings. The second-order valence-corrected chi connectivity index (χ2v) is 9.01. The zero-order chi connectivity index (χ0) is 41.7. The van der Waals surface area contributed by atoms with Crippen LogP contribution in [-0.2, 0) is 0 Å². The number of carbonyl (C=O) groups is 2. The number of nitro groups is 1. The van der Waals surface area contributed by atoms with Gasteiger partial charge in [-0.05, 0) is 140 Å². The number of rotatable bonds is 5. The van der Waals surface area contributed by atoms with Crippen LogP contribution in [0, 0.1) is 10.1 Å². The standard InChI is InChI=1S/C50H14N4O4/c1-2-3-4-5-6-7-8-9-10-11-12-13-14-15-16-17-18-19-20-21-22-23-24-25-26-27-28-29-30-31-32-33-34-35-48(52-49(55)44-36-40-46(51)41-37-44)53-50(56)45-38-42-47(43-39-45)54(57)58/h36-43H,1,51H2,(H,52,55)(H,53,56). The van der Waals surface area contributed by atoms with E-state index in [2.05, 4.69) is 212 Å². The van der Waals surface area contributed by atoms with Gasteiger partial charge in [0.05, 0.1) is 4.92 Å². The highest BCUT2D eigenvalue weighted by atomic mass is 16.6. The second-order valence-electron chi connectivity index (χ2n) is 9.01. The fourth-order valence-corrected chi connectivity index (χ4v) is 2.91. The van der Waals surface area contributed by atoms with E-state index in [1.165, 1.54) is 48.5 Å². The van der Waals surface area contributed by atoms with E-state index in [1.807, 2.05) is 0 Å². The molecule has 0 fully saturated rings. The zero-order valence-electron chi connectivity index (χ0n) is 29.5. The van der Waals surface area contributed by atoms with Crippen LogP contribution in [0.3, 0.4) is 0 Å². The van der Waals surface area contributed by atoms with Crippen molar-refractivity contribution in [2.75, 3.05) is 5.73 Å². The number of nitrogens with two attached hydrogens (primary N) is 1. The van der Waals surface area contributed by atoms with Crippen LogP contribution in [0.2, 0.25) is 0 Å². The lowest BCUT2D eigenvalue weighted by molar-refractivity contribution is -0.384. The highest BCUT2D eigenvalue weighted by molar-refractivity contribution is 5.98. The SMILES string of the molecule is C=C=C=C=C=C=C=C=C=C=C=C=C=C=C=C=C=C=C=C=C=C=C=C=C=C=C=C=C=C=C=C=C=C=C=C(NC(=O)c1ccc(N)cc1)NC(=O)c1ccc([N+](=O)[O-])cc1. The molecule has 58 heavy (non-hydrogen) atoms. The molecule has 0 heterocycles. The number of nitrogens with zero attached hydrogens (tertiary/aromatic N) is 1. The monoisotopic (exact) mass is 734 g/mol. The number of hydrogen-bond donors (Lipinski definition) is 3. The summed E-state index contributed by atoms with van der Waals surface area (Å²) in [7, 11) is 0. The fourth-order valence-electron chi connectivity index (χ4n) is 2.91. The first-order valence-electron chi connectivity index (χ1n) is 15.3. The van der Waals surface area contributed by atoms with Crippen molar-refractivity contribution in [1.29, 1.82) is 0 Å². The maximum Gasteiger partial charge on any atom is 0.269 e. The highest BCUT2D eigenvalue weighted by Gasteiger charge is 2.13. The van der Waals surface area contributed by atoms with Crippen LogP contribution in [0.15, 0.2) is 256 Å². The first-order valence-corrected chi connectivity index (χ1v) is 15.3. The first kappa shape index (κ1) is 43.0. The van der Waals surface area contributed by atoms with Crippen molar-refractivity contribution in [3.63, 3.8) is 0 Å². The van der Waals surface area contributed by atoms with Gasteiger partial charge in [-0.1, -0.05) is 5.73 Å². The van der Waals surface area contributed by atoms with E-state index < -0.39 is 16.7 Å². The molecule has 0 radical (unpaired) electrons. The lowest BCUT2D eigenvalue weighted by Crippen LogP contribution is -2.34. The van der Waals surface area contributed by atoms with Crippen molar-refractivity contribution < 1.29 is 14.5 Å². The van der Waals surface area contributed by atoms with Gasteiger partial charge in [0.1, 0.15) is 0 Å².